The molecular weight excluding hydrogens is 383 g/mol. The third kappa shape index (κ3) is 3.27. The van der Waals surface area contributed by atoms with E-state index in [2.05, 4.69) is 5.32 Å². The Morgan fingerprint density at radius 2 is 1.93 bits per heavy atom. The molecule has 2 aliphatic rings. The Kier molecular flexibility index (Phi) is 4.84. The number of nitrogens with one attached hydrogen (secondary N) is 1. The van der Waals surface area contributed by atoms with E-state index >= 15 is 0 Å². The lowest BCUT2D eigenvalue weighted by Crippen LogP contribution is -2.47. The van der Waals surface area contributed by atoms with E-state index in [0.717, 1.165) is 6.07 Å². The first-order chi connectivity index (χ1) is 13.4. The number of fused-ring (bicyclic) bond motifs is 2. The van der Waals surface area contributed by atoms with Gasteiger partial charge in [0.2, 0.25) is 10.0 Å². The maximum Gasteiger partial charge on any atom is 0.251 e. The van der Waals surface area contributed by atoms with Crippen molar-refractivity contribution < 1.29 is 22.3 Å². The molecule has 2 aromatic carbocycles. The number of carbonyl (C=O) groups excluding carboxylic acids is 1. The molecule has 1 N–H and O–H groups in total. The van der Waals surface area contributed by atoms with Gasteiger partial charge in [-0.3, -0.25) is 4.79 Å². The lowest BCUT2D eigenvalue weighted by atomic mass is 10.0. The molecule has 148 valence electrons. The smallest absolute Gasteiger partial charge is 0.251 e. The zero-order valence-electron chi connectivity index (χ0n) is 15.3. The fourth-order valence-corrected chi connectivity index (χ4v) is 6.08. The molecule has 0 aromatic heterocycles. The molecule has 3 atom stereocenters. The van der Waals surface area contributed by atoms with Crippen LogP contribution >= 0.6 is 0 Å². The molecule has 4 rings (SSSR count). The SMILES string of the molecule is COc1ccc(F)cc1S(=O)(=O)N1C[C@@H]2C[C@H]1C[C@@H]2NC(=O)c1ccccc1. The van der Waals surface area contributed by atoms with Crippen LogP contribution in [0.5, 0.6) is 5.75 Å². The number of carbonyl (C=O) groups is 1. The van der Waals surface area contributed by atoms with Gasteiger partial charge < -0.3 is 10.1 Å². The Morgan fingerprint density at radius 1 is 1.18 bits per heavy atom. The van der Waals surface area contributed by atoms with E-state index in [1.165, 1.54) is 23.5 Å². The number of rotatable bonds is 5. The van der Waals surface area contributed by atoms with Crippen LogP contribution in [-0.4, -0.2) is 44.4 Å². The second-order valence-corrected chi connectivity index (χ2v) is 9.06. The van der Waals surface area contributed by atoms with Crippen LogP contribution in [0.3, 0.4) is 0 Å². The van der Waals surface area contributed by atoms with E-state index in [4.69, 9.17) is 4.74 Å². The summed E-state index contributed by atoms with van der Waals surface area (Å²) in [7, 11) is -2.52. The van der Waals surface area contributed by atoms with Crippen molar-refractivity contribution in [1.82, 2.24) is 9.62 Å². The topological polar surface area (TPSA) is 75.7 Å². The van der Waals surface area contributed by atoms with Crippen LogP contribution in [0.1, 0.15) is 23.2 Å². The lowest BCUT2D eigenvalue weighted by molar-refractivity contribution is 0.0919. The minimum atomic E-state index is -3.88. The zero-order valence-corrected chi connectivity index (χ0v) is 16.2. The van der Waals surface area contributed by atoms with Crippen molar-refractivity contribution >= 4 is 15.9 Å². The number of hydrogen-bond acceptors (Lipinski definition) is 4. The summed E-state index contributed by atoms with van der Waals surface area (Å²) in [6.07, 6.45) is 1.22. The Balaban J connectivity index is 1.50. The van der Waals surface area contributed by atoms with Gasteiger partial charge in [0.1, 0.15) is 16.5 Å². The summed E-state index contributed by atoms with van der Waals surface area (Å²) in [4.78, 5) is 12.2. The molecule has 0 radical (unpaired) electrons. The summed E-state index contributed by atoms with van der Waals surface area (Å²) in [5, 5.41) is 3.02. The maximum atomic E-state index is 13.7. The molecule has 0 unspecified atom stereocenters. The van der Waals surface area contributed by atoms with Crippen molar-refractivity contribution in [2.45, 2.75) is 29.8 Å². The van der Waals surface area contributed by atoms with Gasteiger partial charge in [-0.05, 0) is 49.1 Å². The number of amides is 1. The molecular formula is C20H21FN2O4S. The number of ether oxygens (including phenoxy) is 1. The van der Waals surface area contributed by atoms with Gasteiger partial charge in [-0.15, -0.1) is 0 Å². The molecule has 0 spiro atoms. The van der Waals surface area contributed by atoms with Crippen LogP contribution in [0, 0.1) is 11.7 Å². The number of piperidine rings is 1. The van der Waals surface area contributed by atoms with Gasteiger partial charge in [0.15, 0.2) is 0 Å². The Bertz CT molecular complexity index is 997. The van der Waals surface area contributed by atoms with Gasteiger partial charge >= 0.3 is 0 Å². The highest BCUT2D eigenvalue weighted by molar-refractivity contribution is 7.89. The van der Waals surface area contributed by atoms with E-state index < -0.39 is 15.8 Å². The van der Waals surface area contributed by atoms with E-state index in [1.54, 1.807) is 24.3 Å². The Labute approximate surface area is 163 Å². The van der Waals surface area contributed by atoms with Crippen LogP contribution in [0.15, 0.2) is 53.4 Å². The second kappa shape index (κ2) is 7.18. The molecule has 1 aliphatic carbocycles. The molecule has 6 nitrogen and oxygen atoms in total. The third-order valence-electron chi connectivity index (χ3n) is 5.56. The van der Waals surface area contributed by atoms with Gasteiger partial charge in [0.25, 0.3) is 5.91 Å². The van der Waals surface area contributed by atoms with Gasteiger partial charge in [0, 0.05) is 24.2 Å². The summed E-state index contributed by atoms with van der Waals surface area (Å²) in [5.74, 6) is -0.624. The van der Waals surface area contributed by atoms with Crippen molar-refractivity contribution in [2.75, 3.05) is 13.7 Å². The van der Waals surface area contributed by atoms with Crippen molar-refractivity contribution in [3.63, 3.8) is 0 Å². The fraction of sp³-hybridized carbons (Fsp3) is 0.350. The second-order valence-electron chi connectivity index (χ2n) is 7.20. The molecule has 1 saturated carbocycles. The van der Waals surface area contributed by atoms with Crippen LogP contribution in [0.2, 0.25) is 0 Å². The van der Waals surface area contributed by atoms with Crippen molar-refractivity contribution in [3.8, 4) is 5.75 Å². The fourth-order valence-electron chi connectivity index (χ4n) is 4.20. The summed E-state index contributed by atoms with van der Waals surface area (Å²) < 4.78 is 46.4. The molecule has 1 heterocycles. The minimum absolute atomic E-state index is 0.0343. The zero-order chi connectivity index (χ0) is 19.9. The number of benzene rings is 2. The molecule has 2 bridgehead atoms. The predicted molar refractivity (Wildman–Crippen MR) is 101 cm³/mol. The highest BCUT2D eigenvalue weighted by Gasteiger charge is 2.50. The first-order valence-corrected chi connectivity index (χ1v) is 10.6. The first kappa shape index (κ1) is 18.9. The van der Waals surface area contributed by atoms with E-state index in [0.29, 0.717) is 24.9 Å². The van der Waals surface area contributed by atoms with E-state index in [1.807, 2.05) is 6.07 Å². The highest BCUT2D eigenvalue weighted by Crippen LogP contribution is 2.42. The minimum Gasteiger partial charge on any atom is -0.495 e. The number of nitrogens with zero attached hydrogens (tertiary/aromatic N) is 1. The molecule has 1 saturated heterocycles. The quantitative estimate of drug-likeness (QED) is 0.831. The molecule has 28 heavy (non-hydrogen) atoms. The number of sulfonamides is 1. The van der Waals surface area contributed by atoms with Crippen molar-refractivity contribution in [3.05, 3.63) is 59.9 Å². The monoisotopic (exact) mass is 404 g/mol. The van der Waals surface area contributed by atoms with Gasteiger partial charge in [0.05, 0.1) is 7.11 Å². The average Bonchev–Trinajstić information content (AvgIpc) is 3.29. The van der Waals surface area contributed by atoms with Gasteiger partial charge in [-0.25, -0.2) is 12.8 Å². The molecule has 8 heteroatoms. The maximum absolute atomic E-state index is 13.7. The summed E-state index contributed by atoms with van der Waals surface area (Å²) in [6.45, 7) is 0.298. The van der Waals surface area contributed by atoms with Crippen LogP contribution in [-0.2, 0) is 10.0 Å². The molecule has 2 aromatic rings. The summed E-state index contributed by atoms with van der Waals surface area (Å²) >= 11 is 0. The molecule has 1 aliphatic heterocycles. The van der Waals surface area contributed by atoms with Crippen molar-refractivity contribution in [1.29, 1.82) is 0 Å². The standard InChI is InChI=1S/C20H21FN2O4S/c1-27-18-8-7-15(21)10-19(18)28(25,26)23-12-14-9-16(23)11-17(14)22-20(24)13-5-3-2-4-6-13/h2-8,10,14,16-17H,9,11-12H2,1H3,(H,22,24)/t14-,16-,17-/m0/s1. The average molecular weight is 404 g/mol. The van der Waals surface area contributed by atoms with Crippen LogP contribution in [0.25, 0.3) is 0 Å². The number of hydrogen-bond donors (Lipinski definition) is 1. The third-order valence-corrected chi connectivity index (χ3v) is 7.50. The van der Waals surface area contributed by atoms with Crippen LogP contribution < -0.4 is 10.1 Å². The predicted octanol–water partition coefficient (Wildman–Crippen LogP) is 2.42. The Hall–Kier alpha value is -2.45. The number of halogens is 1. The highest BCUT2D eigenvalue weighted by atomic mass is 32.2. The van der Waals surface area contributed by atoms with E-state index in [-0.39, 0.29) is 34.6 Å². The van der Waals surface area contributed by atoms with Gasteiger partial charge in [-0.1, -0.05) is 18.2 Å². The first-order valence-electron chi connectivity index (χ1n) is 9.11. The summed E-state index contributed by atoms with van der Waals surface area (Å²) in [5.41, 5.74) is 0.583. The Morgan fingerprint density at radius 3 is 2.57 bits per heavy atom. The molecule has 2 fully saturated rings. The lowest BCUT2D eigenvalue weighted by Gasteiger charge is -2.31. The summed E-state index contributed by atoms with van der Waals surface area (Å²) in [6, 6.07) is 12.1. The van der Waals surface area contributed by atoms with Gasteiger partial charge in [-0.2, -0.15) is 4.31 Å². The van der Waals surface area contributed by atoms with Crippen molar-refractivity contribution in [2.24, 2.45) is 5.92 Å². The number of methoxy groups -OCH3 is 1. The van der Waals surface area contributed by atoms with Crippen LogP contribution in [0.4, 0.5) is 4.39 Å². The largest absolute Gasteiger partial charge is 0.495 e. The molecule has 1 amide bonds. The normalized spacial score (nSPS) is 24.3. The van der Waals surface area contributed by atoms with E-state index in [9.17, 15) is 17.6 Å².